The number of hydrogen-bond acceptors (Lipinski definition) is 3. The van der Waals surface area contributed by atoms with Crippen molar-refractivity contribution in [2.24, 2.45) is 0 Å². The van der Waals surface area contributed by atoms with E-state index in [1.807, 2.05) is 0 Å². The normalized spacial score (nSPS) is 10.7. The van der Waals surface area contributed by atoms with Crippen LogP contribution in [0.3, 0.4) is 0 Å². The third-order valence-electron chi connectivity index (χ3n) is 1.52. The third-order valence-corrected chi connectivity index (χ3v) is 1.52. The summed E-state index contributed by atoms with van der Waals surface area (Å²) in [7, 11) is 0. The minimum Gasteiger partial charge on any atom is -0.462 e. The van der Waals surface area contributed by atoms with Gasteiger partial charge in [0.15, 0.2) is 5.57 Å². The van der Waals surface area contributed by atoms with E-state index in [2.05, 4.69) is 0 Å². The number of esters is 1. The number of carbonyl (C=O) groups excluding carboxylic acids is 1. The van der Waals surface area contributed by atoms with E-state index in [1.54, 1.807) is 42.1 Å². The first-order chi connectivity index (χ1) is 6.77. The Balaban J connectivity index is 2.83. The van der Waals surface area contributed by atoms with E-state index in [-0.39, 0.29) is 12.2 Å². The van der Waals surface area contributed by atoms with Crippen molar-refractivity contribution in [2.75, 3.05) is 6.61 Å². The topological polar surface area (TPSA) is 55.0 Å². The second-order valence-electron chi connectivity index (χ2n) is 2.51. The molecule has 14 heavy (non-hydrogen) atoms. The molecule has 72 valence electrons. The molecule has 0 aliphatic rings. The van der Waals surface area contributed by atoms with Crippen LogP contribution in [0, 0.1) is 11.3 Å². The Morgan fingerprint density at radius 2 is 2.21 bits per heavy atom. The van der Waals surface area contributed by atoms with Crippen molar-refractivity contribution in [1.29, 1.82) is 5.26 Å². The maximum atomic E-state index is 11.2. The molecule has 0 amide bonds. The van der Waals surface area contributed by atoms with Crippen LogP contribution >= 0.6 is 0 Å². The highest BCUT2D eigenvalue weighted by atomic mass is 16.5. The molecule has 1 aromatic rings. The minimum atomic E-state index is -0.594. The van der Waals surface area contributed by atoms with Gasteiger partial charge in [-0.3, -0.25) is 0 Å². The van der Waals surface area contributed by atoms with Gasteiger partial charge in [-0.25, -0.2) is 4.79 Å². The number of carbonyl (C=O) groups is 1. The molecule has 0 spiro atoms. The molecular formula is C10H10N2O2. The van der Waals surface area contributed by atoms with E-state index >= 15 is 0 Å². The van der Waals surface area contributed by atoms with Gasteiger partial charge in [0.05, 0.1) is 6.61 Å². The van der Waals surface area contributed by atoms with Gasteiger partial charge in [0.1, 0.15) is 6.07 Å². The Labute approximate surface area is 82.0 Å². The first-order valence-corrected chi connectivity index (χ1v) is 4.19. The number of aromatic nitrogens is 1. The molecule has 1 aromatic heterocycles. The lowest BCUT2D eigenvalue weighted by molar-refractivity contribution is -0.137. The highest BCUT2D eigenvalue weighted by molar-refractivity contribution is 5.96. The average molecular weight is 190 g/mol. The minimum absolute atomic E-state index is 0.0111. The molecule has 0 aliphatic carbocycles. The standard InChI is InChI=1S/C10H10N2O2/c1-2-14-10(13)9(7-11)8-12-5-3-4-6-12/h3-6,8H,2H2,1H3/b9-8+. The zero-order chi connectivity index (χ0) is 10.4. The quantitative estimate of drug-likeness (QED) is 0.411. The van der Waals surface area contributed by atoms with Crippen LogP contribution in [0.4, 0.5) is 0 Å². The van der Waals surface area contributed by atoms with Crippen LogP contribution in [0.2, 0.25) is 0 Å². The summed E-state index contributed by atoms with van der Waals surface area (Å²) in [6, 6.07) is 5.40. The molecular weight excluding hydrogens is 180 g/mol. The van der Waals surface area contributed by atoms with E-state index in [0.29, 0.717) is 0 Å². The summed E-state index contributed by atoms with van der Waals surface area (Å²) in [5.41, 5.74) is -0.0111. The first kappa shape index (κ1) is 10.1. The summed E-state index contributed by atoms with van der Waals surface area (Å²) in [6.45, 7) is 1.96. The fourth-order valence-corrected chi connectivity index (χ4v) is 0.919. The van der Waals surface area contributed by atoms with Gasteiger partial charge >= 0.3 is 5.97 Å². The van der Waals surface area contributed by atoms with E-state index in [4.69, 9.17) is 10.00 Å². The van der Waals surface area contributed by atoms with Crippen molar-refractivity contribution in [3.8, 4) is 6.07 Å². The maximum Gasteiger partial charge on any atom is 0.350 e. The molecule has 0 N–H and O–H groups in total. The second kappa shape index (κ2) is 4.87. The maximum absolute atomic E-state index is 11.2. The predicted octanol–water partition coefficient (Wildman–Crippen LogP) is 1.42. The van der Waals surface area contributed by atoms with E-state index in [0.717, 1.165) is 0 Å². The van der Waals surface area contributed by atoms with Crippen LogP contribution in [-0.4, -0.2) is 17.1 Å². The smallest absolute Gasteiger partial charge is 0.350 e. The summed E-state index contributed by atoms with van der Waals surface area (Å²) in [4.78, 5) is 11.2. The number of nitrogens with zero attached hydrogens (tertiary/aromatic N) is 2. The van der Waals surface area contributed by atoms with Crippen LogP contribution in [-0.2, 0) is 9.53 Å². The van der Waals surface area contributed by atoms with Gasteiger partial charge in [0.2, 0.25) is 0 Å². The van der Waals surface area contributed by atoms with Crippen LogP contribution in [0.5, 0.6) is 0 Å². The SMILES string of the molecule is CCOC(=O)/C(C#N)=C/n1cccc1. The molecule has 0 fully saturated rings. The fraction of sp³-hybridized carbons (Fsp3) is 0.200. The molecule has 4 nitrogen and oxygen atoms in total. The van der Waals surface area contributed by atoms with Gasteiger partial charge in [-0.15, -0.1) is 0 Å². The van der Waals surface area contributed by atoms with Gasteiger partial charge in [0, 0.05) is 18.6 Å². The molecule has 0 aliphatic heterocycles. The fourth-order valence-electron chi connectivity index (χ4n) is 0.919. The summed E-state index contributed by atoms with van der Waals surface area (Å²) in [5.74, 6) is -0.594. The zero-order valence-electron chi connectivity index (χ0n) is 7.80. The van der Waals surface area contributed by atoms with Crippen LogP contribution in [0.1, 0.15) is 6.92 Å². The second-order valence-corrected chi connectivity index (χ2v) is 2.51. The highest BCUT2D eigenvalue weighted by Crippen LogP contribution is 2.00. The average Bonchev–Trinajstić information content (AvgIpc) is 2.66. The highest BCUT2D eigenvalue weighted by Gasteiger charge is 2.08. The van der Waals surface area contributed by atoms with E-state index in [9.17, 15) is 4.79 Å². The lowest BCUT2D eigenvalue weighted by atomic mass is 10.3. The number of nitriles is 1. The Morgan fingerprint density at radius 1 is 1.57 bits per heavy atom. The van der Waals surface area contributed by atoms with Crippen molar-refractivity contribution in [2.45, 2.75) is 6.92 Å². The van der Waals surface area contributed by atoms with Crippen LogP contribution in [0.25, 0.3) is 6.20 Å². The van der Waals surface area contributed by atoms with Gasteiger partial charge in [-0.1, -0.05) is 0 Å². The molecule has 0 aromatic carbocycles. The number of hydrogen-bond donors (Lipinski definition) is 0. The molecule has 0 atom stereocenters. The van der Waals surface area contributed by atoms with Gasteiger partial charge < -0.3 is 9.30 Å². The Morgan fingerprint density at radius 3 is 2.71 bits per heavy atom. The summed E-state index contributed by atoms with van der Waals surface area (Å²) in [6.07, 6.45) is 4.89. The van der Waals surface area contributed by atoms with Crippen molar-refractivity contribution in [3.05, 3.63) is 30.1 Å². The molecule has 1 heterocycles. The van der Waals surface area contributed by atoms with Gasteiger partial charge in [-0.2, -0.15) is 5.26 Å². The van der Waals surface area contributed by atoms with Crippen LogP contribution < -0.4 is 0 Å². The van der Waals surface area contributed by atoms with Gasteiger partial charge in [0.25, 0.3) is 0 Å². The summed E-state index contributed by atoms with van der Waals surface area (Å²) < 4.78 is 6.32. The lowest BCUT2D eigenvalue weighted by Crippen LogP contribution is -2.06. The zero-order valence-corrected chi connectivity index (χ0v) is 7.80. The number of rotatable bonds is 3. The van der Waals surface area contributed by atoms with E-state index in [1.165, 1.54) is 6.20 Å². The van der Waals surface area contributed by atoms with E-state index < -0.39 is 5.97 Å². The summed E-state index contributed by atoms with van der Waals surface area (Å²) >= 11 is 0. The Bertz CT molecular complexity index is 371. The molecule has 0 saturated carbocycles. The Hall–Kier alpha value is -2.02. The molecule has 0 unspecified atom stereocenters. The van der Waals surface area contributed by atoms with Crippen molar-refractivity contribution < 1.29 is 9.53 Å². The Kier molecular flexibility index (Phi) is 3.50. The van der Waals surface area contributed by atoms with Crippen molar-refractivity contribution in [1.82, 2.24) is 4.57 Å². The molecule has 0 saturated heterocycles. The predicted molar refractivity (Wildman–Crippen MR) is 51.0 cm³/mol. The van der Waals surface area contributed by atoms with Crippen molar-refractivity contribution >= 4 is 12.2 Å². The molecule has 0 radical (unpaired) electrons. The van der Waals surface area contributed by atoms with Gasteiger partial charge in [-0.05, 0) is 19.1 Å². The molecule has 1 rings (SSSR count). The largest absolute Gasteiger partial charge is 0.462 e. The third kappa shape index (κ3) is 2.49. The monoisotopic (exact) mass is 190 g/mol. The van der Waals surface area contributed by atoms with Crippen LogP contribution in [0.15, 0.2) is 30.1 Å². The number of ether oxygens (including phenoxy) is 1. The molecule has 0 bridgehead atoms. The van der Waals surface area contributed by atoms with Crippen molar-refractivity contribution in [3.63, 3.8) is 0 Å². The lowest BCUT2D eigenvalue weighted by Gasteiger charge is -1.99. The molecule has 4 heteroatoms. The first-order valence-electron chi connectivity index (χ1n) is 4.19. The summed E-state index contributed by atoms with van der Waals surface area (Å²) in [5, 5.41) is 8.69.